The van der Waals surface area contributed by atoms with Crippen LogP contribution >= 0.6 is 0 Å². The van der Waals surface area contributed by atoms with Crippen molar-refractivity contribution in [3.63, 3.8) is 0 Å². The lowest BCUT2D eigenvalue weighted by Gasteiger charge is -2.18. The molecular weight excluding hydrogens is 288 g/mol. The van der Waals surface area contributed by atoms with Crippen LogP contribution in [0.15, 0.2) is 23.3 Å². The second kappa shape index (κ2) is 9.46. The molecule has 22 heavy (non-hydrogen) atoms. The summed E-state index contributed by atoms with van der Waals surface area (Å²) in [5, 5.41) is 41.9. The Bertz CT molecular complexity index is 480. The fourth-order valence-corrected chi connectivity index (χ4v) is 2.01. The van der Waals surface area contributed by atoms with Gasteiger partial charge in [-0.15, -0.1) is 0 Å². The summed E-state index contributed by atoms with van der Waals surface area (Å²) in [6, 6.07) is 3.88. The molecular formula is C14H24N4O4. The van der Waals surface area contributed by atoms with E-state index in [1.165, 1.54) is 12.1 Å². The van der Waals surface area contributed by atoms with Gasteiger partial charge in [-0.1, -0.05) is 26.7 Å². The first kappa shape index (κ1) is 18.5. The highest BCUT2D eigenvalue weighted by Crippen LogP contribution is 2.20. The maximum atomic E-state index is 11.2. The molecule has 0 saturated heterocycles. The number of benzene rings is 1. The lowest BCUT2D eigenvalue weighted by Crippen LogP contribution is -3.00. The number of nitrogens with zero attached hydrogens (tertiary/aromatic N) is 1. The summed E-state index contributed by atoms with van der Waals surface area (Å²) in [5.41, 5.74) is 2.79. The Morgan fingerprint density at radius 3 is 2.55 bits per heavy atom. The van der Waals surface area contributed by atoms with Crippen molar-refractivity contribution in [1.82, 2.24) is 0 Å². The summed E-state index contributed by atoms with van der Waals surface area (Å²) in [6.45, 7) is 4.21. The molecule has 0 aliphatic rings. The minimum Gasteiger partial charge on any atom is -0.595 e. The highest BCUT2D eigenvalue weighted by Gasteiger charge is 2.13. The number of quaternary nitrogens is 2. The lowest BCUT2D eigenvalue weighted by molar-refractivity contribution is -0.996. The van der Waals surface area contributed by atoms with E-state index in [1.54, 1.807) is 6.21 Å². The van der Waals surface area contributed by atoms with Crippen molar-refractivity contribution in [2.75, 3.05) is 5.43 Å². The maximum absolute atomic E-state index is 11.2. The van der Waals surface area contributed by atoms with Crippen LogP contribution < -0.4 is 15.9 Å². The Hall–Kier alpha value is -1.55. The summed E-state index contributed by atoms with van der Waals surface area (Å²) in [6.07, 6.45) is 6.04. The van der Waals surface area contributed by atoms with Crippen LogP contribution in [0.5, 0.6) is 0 Å². The molecule has 3 unspecified atom stereocenters. The largest absolute Gasteiger partial charge is 0.595 e. The molecule has 8 heteroatoms. The summed E-state index contributed by atoms with van der Waals surface area (Å²) >= 11 is 0. The van der Waals surface area contributed by atoms with E-state index in [0.717, 1.165) is 31.7 Å². The highest BCUT2D eigenvalue weighted by molar-refractivity contribution is 5.67. The number of hydrogen-bond acceptors (Lipinski definition) is 6. The van der Waals surface area contributed by atoms with Gasteiger partial charge in [0, 0.05) is 12.3 Å². The van der Waals surface area contributed by atoms with Gasteiger partial charge >= 0.3 is 0 Å². The van der Waals surface area contributed by atoms with E-state index < -0.39 is 10.5 Å². The Morgan fingerprint density at radius 1 is 1.27 bits per heavy atom. The van der Waals surface area contributed by atoms with Gasteiger partial charge in [-0.3, -0.25) is 5.43 Å². The van der Waals surface area contributed by atoms with Gasteiger partial charge in [-0.05, 0) is 24.8 Å². The van der Waals surface area contributed by atoms with E-state index in [4.69, 9.17) is 10.4 Å². The monoisotopic (exact) mass is 312 g/mol. The molecule has 3 atom stereocenters. The highest BCUT2D eigenvalue weighted by atomic mass is 16.8. The molecule has 8 nitrogen and oxygen atoms in total. The zero-order chi connectivity index (χ0) is 16.5. The van der Waals surface area contributed by atoms with Crippen LogP contribution in [-0.4, -0.2) is 16.6 Å². The van der Waals surface area contributed by atoms with Gasteiger partial charge < -0.3 is 10.4 Å². The molecule has 1 aromatic carbocycles. The molecule has 0 bridgehead atoms. The van der Waals surface area contributed by atoms with Crippen molar-refractivity contribution in [3.8, 4) is 0 Å². The minimum atomic E-state index is -1.20. The minimum absolute atomic E-state index is 0.0682. The van der Waals surface area contributed by atoms with Gasteiger partial charge in [0.25, 0.3) is 0 Å². The lowest BCUT2D eigenvalue weighted by atomic mass is 10.0. The first-order valence-corrected chi connectivity index (χ1v) is 7.39. The van der Waals surface area contributed by atoms with Crippen LogP contribution in [-0.2, 0) is 0 Å². The first-order chi connectivity index (χ1) is 10.5. The van der Waals surface area contributed by atoms with Crippen LogP contribution in [0, 0.1) is 16.3 Å². The summed E-state index contributed by atoms with van der Waals surface area (Å²) in [5.74, 6) is 0.346. The van der Waals surface area contributed by atoms with E-state index in [0.29, 0.717) is 5.92 Å². The van der Waals surface area contributed by atoms with Gasteiger partial charge in [0.1, 0.15) is 5.69 Å². The van der Waals surface area contributed by atoms with E-state index >= 15 is 0 Å². The van der Waals surface area contributed by atoms with Crippen molar-refractivity contribution in [2.24, 2.45) is 11.0 Å². The second-order valence-electron chi connectivity index (χ2n) is 5.07. The molecule has 0 heterocycles. The molecule has 1 rings (SSSR count). The second-order valence-corrected chi connectivity index (χ2v) is 5.07. The quantitative estimate of drug-likeness (QED) is 0.345. The Kier molecular flexibility index (Phi) is 7.96. The first-order valence-electron chi connectivity index (χ1n) is 7.39. The number of unbranched alkanes of at least 4 members (excludes halogenated alkanes) is 1. The predicted octanol–water partition coefficient (Wildman–Crippen LogP) is 1.11. The average molecular weight is 312 g/mol. The molecule has 124 valence electrons. The fourth-order valence-electron chi connectivity index (χ4n) is 2.01. The summed E-state index contributed by atoms with van der Waals surface area (Å²) in [4.78, 5) is 0. The molecule has 0 fully saturated rings. The smallest absolute Gasteiger partial charge is 0.195 e. The third-order valence-electron chi connectivity index (χ3n) is 3.42. The summed E-state index contributed by atoms with van der Waals surface area (Å²) in [7, 11) is 0. The Balaban J connectivity index is 2.79. The summed E-state index contributed by atoms with van der Waals surface area (Å²) < 4.78 is 0. The molecule has 0 aliphatic carbocycles. The number of anilines is 1. The van der Waals surface area contributed by atoms with Crippen molar-refractivity contribution in [2.45, 2.75) is 39.5 Å². The zero-order valence-corrected chi connectivity index (χ0v) is 12.9. The van der Waals surface area contributed by atoms with Gasteiger partial charge in [-0.2, -0.15) is 15.6 Å². The van der Waals surface area contributed by atoms with Crippen LogP contribution in [0.2, 0.25) is 0 Å². The van der Waals surface area contributed by atoms with Crippen LogP contribution in [0.25, 0.3) is 0 Å². The van der Waals surface area contributed by atoms with E-state index in [-0.39, 0.29) is 17.1 Å². The third kappa shape index (κ3) is 5.68. The van der Waals surface area contributed by atoms with Gasteiger partial charge in [0.05, 0.1) is 6.07 Å². The van der Waals surface area contributed by atoms with Crippen LogP contribution in [0.4, 0.5) is 17.1 Å². The molecule has 5 N–H and O–H groups in total. The van der Waals surface area contributed by atoms with Gasteiger partial charge in [0.15, 0.2) is 11.4 Å². The molecule has 1 aromatic rings. The number of rotatable bonds is 9. The van der Waals surface area contributed by atoms with Gasteiger partial charge in [-0.25, -0.2) is 10.4 Å². The van der Waals surface area contributed by atoms with E-state index in [9.17, 15) is 10.4 Å². The molecule has 0 spiro atoms. The Morgan fingerprint density at radius 2 is 2.00 bits per heavy atom. The molecule has 0 aromatic heterocycles. The standard InChI is InChI=1S/C14H24N4O4/c1-3-5-6-11(4-2)10-15-16-13-8-7-12(17(19)20)9-14(13)18(21)22/h7-11,16-19,21H,3-6H2,1-2H3. The third-order valence-corrected chi connectivity index (χ3v) is 3.42. The normalized spacial score (nSPS) is 15.7. The van der Waals surface area contributed by atoms with Crippen LogP contribution in [0.3, 0.4) is 0 Å². The van der Waals surface area contributed by atoms with E-state index in [1.807, 2.05) is 0 Å². The number of hydrazone groups is 1. The Labute approximate surface area is 129 Å². The van der Waals surface area contributed by atoms with E-state index in [2.05, 4.69) is 24.4 Å². The molecule has 0 amide bonds. The molecule has 0 aliphatic heterocycles. The van der Waals surface area contributed by atoms with Crippen molar-refractivity contribution >= 4 is 23.3 Å². The van der Waals surface area contributed by atoms with Crippen molar-refractivity contribution in [3.05, 3.63) is 28.6 Å². The zero-order valence-electron chi connectivity index (χ0n) is 12.9. The fraction of sp³-hybridized carbons (Fsp3) is 0.500. The maximum Gasteiger partial charge on any atom is 0.195 e. The van der Waals surface area contributed by atoms with Crippen molar-refractivity contribution < 1.29 is 20.9 Å². The van der Waals surface area contributed by atoms with Gasteiger partial charge in [0.2, 0.25) is 0 Å². The van der Waals surface area contributed by atoms with Crippen LogP contribution in [0.1, 0.15) is 39.5 Å². The van der Waals surface area contributed by atoms with Crippen molar-refractivity contribution in [1.29, 1.82) is 0 Å². The SMILES string of the molecule is CCCCC(C=NNc1ccc([NH+]([O-])O)cc1[NH+]([O-])O)CC. The average Bonchev–Trinajstić information content (AvgIpc) is 2.50. The topological polar surface area (TPSA) is 120 Å². The number of nitrogens with one attached hydrogen (secondary N) is 3. The number of hydrogen-bond donors (Lipinski definition) is 5. The molecule has 0 radical (unpaired) electrons. The molecule has 0 saturated carbocycles. The predicted molar refractivity (Wildman–Crippen MR) is 83.4 cm³/mol.